The highest BCUT2D eigenvalue weighted by Gasteiger charge is 2.37. The summed E-state index contributed by atoms with van der Waals surface area (Å²) >= 11 is 0. The molecule has 2 aromatic carbocycles. The molecule has 0 saturated carbocycles. The largest absolute Gasteiger partial charge is 0.378 e. The predicted octanol–water partition coefficient (Wildman–Crippen LogP) is 2.73. The monoisotopic (exact) mass is 373 g/mol. The molecule has 1 aliphatic rings. The average Bonchev–Trinajstić information content (AvgIpc) is 2.57. The first kappa shape index (κ1) is 18.9. The summed E-state index contributed by atoms with van der Waals surface area (Å²) < 4.78 is 23.7. The number of anilines is 1. The van der Waals surface area contributed by atoms with Crippen LogP contribution in [0, 0.1) is 6.92 Å². The maximum atomic E-state index is 11.9. The van der Waals surface area contributed by atoms with Crippen molar-refractivity contribution >= 4 is 15.7 Å². The number of hydrogen-bond donors (Lipinski definition) is 2. The first-order valence-electron chi connectivity index (χ1n) is 8.95. The minimum atomic E-state index is -3.57. The molecular formula is C20H27N3O2S. The zero-order valence-corrected chi connectivity index (χ0v) is 16.0. The molecule has 0 atom stereocenters. The fourth-order valence-electron chi connectivity index (χ4n) is 3.70. The molecular weight excluding hydrogens is 346 g/mol. The van der Waals surface area contributed by atoms with E-state index in [4.69, 9.17) is 5.14 Å². The van der Waals surface area contributed by atoms with Crippen LogP contribution in [0.15, 0.2) is 54.6 Å². The Kier molecular flexibility index (Phi) is 5.65. The van der Waals surface area contributed by atoms with E-state index in [1.165, 1.54) is 5.56 Å². The van der Waals surface area contributed by atoms with Crippen molar-refractivity contribution in [3.8, 4) is 0 Å². The van der Waals surface area contributed by atoms with Gasteiger partial charge in [0.15, 0.2) is 0 Å². The van der Waals surface area contributed by atoms with Crippen molar-refractivity contribution in [2.24, 2.45) is 5.14 Å². The Morgan fingerprint density at radius 3 is 2.38 bits per heavy atom. The molecule has 1 saturated heterocycles. The van der Waals surface area contributed by atoms with Gasteiger partial charge in [0.05, 0.1) is 11.3 Å². The molecule has 26 heavy (non-hydrogen) atoms. The molecule has 0 amide bonds. The van der Waals surface area contributed by atoms with Crippen molar-refractivity contribution in [3.05, 3.63) is 65.7 Å². The van der Waals surface area contributed by atoms with E-state index in [1.54, 1.807) is 0 Å². The van der Waals surface area contributed by atoms with Crippen molar-refractivity contribution in [1.29, 1.82) is 0 Å². The Balaban J connectivity index is 1.72. The van der Waals surface area contributed by atoms with Crippen molar-refractivity contribution in [1.82, 2.24) is 4.90 Å². The number of likely N-dealkylation sites (tertiary alicyclic amines) is 1. The van der Waals surface area contributed by atoms with Gasteiger partial charge in [-0.3, -0.25) is 4.90 Å². The van der Waals surface area contributed by atoms with E-state index in [1.807, 2.05) is 49.4 Å². The summed E-state index contributed by atoms with van der Waals surface area (Å²) in [5, 5.41) is 8.90. The average molecular weight is 374 g/mol. The van der Waals surface area contributed by atoms with E-state index in [9.17, 15) is 8.42 Å². The highest BCUT2D eigenvalue weighted by molar-refractivity contribution is 7.89. The Hall–Kier alpha value is -1.89. The first-order chi connectivity index (χ1) is 12.3. The van der Waals surface area contributed by atoms with E-state index in [0.717, 1.165) is 43.7 Å². The van der Waals surface area contributed by atoms with Crippen LogP contribution >= 0.6 is 0 Å². The minimum absolute atomic E-state index is 0.0485. The molecule has 1 heterocycles. The van der Waals surface area contributed by atoms with Gasteiger partial charge in [-0.05, 0) is 43.0 Å². The van der Waals surface area contributed by atoms with Gasteiger partial charge in [0.2, 0.25) is 10.0 Å². The summed E-state index contributed by atoms with van der Waals surface area (Å²) in [5.74, 6) is -0.0485. The Bertz CT molecular complexity index is 829. The first-order valence-corrected chi connectivity index (χ1v) is 10.7. The topological polar surface area (TPSA) is 75.4 Å². The lowest BCUT2D eigenvalue weighted by molar-refractivity contribution is 0.176. The quantitative estimate of drug-likeness (QED) is 0.816. The molecule has 0 spiro atoms. The van der Waals surface area contributed by atoms with Gasteiger partial charge in [-0.15, -0.1) is 0 Å². The normalized spacial score (nSPS) is 17.8. The summed E-state index contributed by atoms with van der Waals surface area (Å²) in [6, 6.07) is 18.4. The van der Waals surface area contributed by atoms with E-state index in [-0.39, 0.29) is 5.75 Å². The van der Waals surface area contributed by atoms with E-state index >= 15 is 0 Å². The summed E-state index contributed by atoms with van der Waals surface area (Å²) in [6.45, 7) is 4.59. The lowest BCUT2D eigenvalue weighted by Crippen LogP contribution is -2.53. The maximum Gasteiger partial charge on any atom is 0.211 e. The van der Waals surface area contributed by atoms with Gasteiger partial charge < -0.3 is 5.32 Å². The van der Waals surface area contributed by atoms with Crippen LogP contribution in [0.5, 0.6) is 0 Å². The molecule has 0 bridgehead atoms. The number of primary sulfonamides is 1. The second-order valence-corrected chi connectivity index (χ2v) is 8.96. The molecule has 6 heteroatoms. The fourth-order valence-corrected chi connectivity index (χ4v) is 4.83. The number of hydrogen-bond acceptors (Lipinski definition) is 4. The summed E-state index contributed by atoms with van der Waals surface area (Å²) in [4.78, 5) is 2.37. The Morgan fingerprint density at radius 1 is 1.08 bits per heavy atom. The molecule has 0 aliphatic carbocycles. The molecule has 1 aliphatic heterocycles. The number of nitrogens with zero attached hydrogens (tertiary/aromatic N) is 1. The molecule has 1 fully saturated rings. The number of benzene rings is 2. The lowest BCUT2D eigenvalue weighted by Gasteiger charge is -2.42. The van der Waals surface area contributed by atoms with Crippen LogP contribution in [-0.2, 0) is 16.6 Å². The van der Waals surface area contributed by atoms with Gasteiger partial charge in [-0.25, -0.2) is 13.6 Å². The molecule has 0 aromatic heterocycles. The van der Waals surface area contributed by atoms with Crippen LogP contribution in [0.4, 0.5) is 5.69 Å². The van der Waals surface area contributed by atoms with Crippen LogP contribution in [-0.4, -0.2) is 37.7 Å². The van der Waals surface area contributed by atoms with Crippen LogP contribution in [0.25, 0.3) is 0 Å². The third-order valence-corrected chi connectivity index (χ3v) is 5.92. The number of nitrogens with two attached hydrogens (primary N) is 1. The van der Waals surface area contributed by atoms with Crippen LogP contribution in [0.3, 0.4) is 0 Å². The van der Waals surface area contributed by atoms with Crippen LogP contribution in [0.1, 0.15) is 24.0 Å². The van der Waals surface area contributed by atoms with E-state index in [2.05, 4.69) is 22.3 Å². The molecule has 3 rings (SSSR count). The highest BCUT2D eigenvalue weighted by atomic mass is 32.2. The van der Waals surface area contributed by atoms with Gasteiger partial charge in [0.25, 0.3) is 0 Å². The summed E-state index contributed by atoms with van der Waals surface area (Å²) in [5.41, 5.74) is 2.85. The fraction of sp³-hybridized carbons (Fsp3) is 0.400. The number of rotatable bonds is 6. The lowest BCUT2D eigenvalue weighted by atomic mass is 9.88. The minimum Gasteiger partial charge on any atom is -0.378 e. The van der Waals surface area contributed by atoms with Crippen molar-refractivity contribution < 1.29 is 8.42 Å². The molecule has 0 unspecified atom stereocenters. The second kappa shape index (κ2) is 7.78. The Labute approximate surface area is 156 Å². The van der Waals surface area contributed by atoms with E-state index in [0.29, 0.717) is 0 Å². The smallest absolute Gasteiger partial charge is 0.211 e. The zero-order valence-electron chi connectivity index (χ0n) is 15.2. The number of aryl methyl sites for hydroxylation is 1. The number of sulfonamides is 1. The van der Waals surface area contributed by atoms with Gasteiger partial charge in [0.1, 0.15) is 0 Å². The second-order valence-electron chi connectivity index (χ2n) is 7.34. The van der Waals surface area contributed by atoms with Gasteiger partial charge in [-0.1, -0.05) is 42.5 Å². The third-order valence-electron chi connectivity index (χ3n) is 4.97. The maximum absolute atomic E-state index is 11.9. The van der Waals surface area contributed by atoms with Crippen molar-refractivity contribution in [2.75, 3.05) is 24.2 Å². The summed E-state index contributed by atoms with van der Waals surface area (Å²) in [6.07, 6.45) is 1.48. The standard InChI is InChI=1S/C20H27N3O2S/c1-17-6-5-9-19(14-17)22-20(16-26(21,24)25)10-12-23(13-11-20)15-18-7-3-2-4-8-18/h2-9,14,22H,10-13,15-16H2,1H3,(H2,21,24,25). The van der Waals surface area contributed by atoms with Crippen molar-refractivity contribution in [3.63, 3.8) is 0 Å². The number of piperidine rings is 1. The van der Waals surface area contributed by atoms with E-state index < -0.39 is 15.6 Å². The molecule has 3 N–H and O–H groups in total. The number of nitrogens with one attached hydrogen (secondary N) is 1. The Morgan fingerprint density at radius 2 is 1.77 bits per heavy atom. The van der Waals surface area contributed by atoms with Gasteiger partial charge in [0, 0.05) is 25.3 Å². The van der Waals surface area contributed by atoms with Crippen molar-refractivity contribution in [2.45, 2.75) is 31.8 Å². The molecule has 5 nitrogen and oxygen atoms in total. The van der Waals surface area contributed by atoms with Gasteiger partial charge in [-0.2, -0.15) is 0 Å². The molecule has 0 radical (unpaired) electrons. The SMILES string of the molecule is Cc1cccc(NC2(CS(N)(=O)=O)CCN(Cc3ccccc3)CC2)c1. The molecule has 140 valence electrons. The molecule has 2 aromatic rings. The summed E-state index contributed by atoms with van der Waals surface area (Å²) in [7, 11) is -3.57. The van der Waals surface area contributed by atoms with Crippen LogP contribution < -0.4 is 10.5 Å². The third kappa shape index (κ3) is 5.30. The van der Waals surface area contributed by atoms with Crippen LogP contribution in [0.2, 0.25) is 0 Å². The van der Waals surface area contributed by atoms with Gasteiger partial charge >= 0.3 is 0 Å². The predicted molar refractivity (Wildman–Crippen MR) is 106 cm³/mol. The zero-order chi connectivity index (χ0) is 18.6. The highest BCUT2D eigenvalue weighted by Crippen LogP contribution is 2.29.